The van der Waals surface area contributed by atoms with Crippen LogP contribution in [0.2, 0.25) is 0 Å². The Hall–Kier alpha value is -1.61. The minimum atomic E-state index is 0.200. The van der Waals surface area contributed by atoms with Gasteiger partial charge in [0.2, 0.25) is 0 Å². The lowest BCUT2D eigenvalue weighted by Crippen LogP contribution is -2.19. The largest absolute Gasteiger partial charge is 0.469 e. The van der Waals surface area contributed by atoms with E-state index in [1.54, 1.807) is 6.26 Å². The maximum absolute atomic E-state index is 5.35. The van der Waals surface area contributed by atoms with Crippen LogP contribution >= 0.6 is 0 Å². The van der Waals surface area contributed by atoms with E-state index in [0.29, 0.717) is 0 Å². The molecule has 2 heterocycles. The number of nitrogens with one attached hydrogen (secondary N) is 1. The summed E-state index contributed by atoms with van der Waals surface area (Å²) >= 11 is 0. The molecule has 0 saturated heterocycles. The van der Waals surface area contributed by atoms with Gasteiger partial charge in [-0.3, -0.25) is 4.98 Å². The van der Waals surface area contributed by atoms with Crippen molar-refractivity contribution in [3.05, 3.63) is 53.7 Å². The molecule has 2 aromatic heterocycles. The molecule has 1 unspecified atom stereocenters. The fourth-order valence-corrected chi connectivity index (χ4v) is 1.73. The van der Waals surface area contributed by atoms with E-state index in [1.807, 2.05) is 31.4 Å². The summed E-state index contributed by atoms with van der Waals surface area (Å²) in [6.07, 6.45) is 4.36. The Labute approximate surface area is 95.5 Å². The van der Waals surface area contributed by atoms with Crippen LogP contribution in [0.15, 0.2) is 41.1 Å². The Bertz CT molecular complexity index is 437. The Kier molecular flexibility index (Phi) is 3.37. The first-order chi connectivity index (χ1) is 7.79. The van der Waals surface area contributed by atoms with Crippen LogP contribution in [0.1, 0.15) is 23.1 Å². The number of pyridine rings is 1. The van der Waals surface area contributed by atoms with Crippen LogP contribution in [0, 0.1) is 6.92 Å². The Morgan fingerprint density at radius 1 is 1.44 bits per heavy atom. The average Bonchev–Trinajstić information content (AvgIpc) is 2.78. The van der Waals surface area contributed by atoms with Crippen molar-refractivity contribution in [3.63, 3.8) is 0 Å². The Balaban J connectivity index is 2.16. The summed E-state index contributed by atoms with van der Waals surface area (Å²) in [6, 6.07) is 8.20. The van der Waals surface area contributed by atoms with Gasteiger partial charge in [-0.05, 0) is 43.8 Å². The molecule has 3 nitrogen and oxygen atoms in total. The van der Waals surface area contributed by atoms with Crippen molar-refractivity contribution < 1.29 is 4.42 Å². The molecule has 0 fully saturated rings. The highest BCUT2D eigenvalue weighted by Crippen LogP contribution is 2.17. The van der Waals surface area contributed by atoms with Crippen molar-refractivity contribution >= 4 is 0 Å². The van der Waals surface area contributed by atoms with E-state index < -0.39 is 0 Å². The minimum absolute atomic E-state index is 0.200. The molecule has 84 valence electrons. The van der Waals surface area contributed by atoms with Gasteiger partial charge in [0.1, 0.15) is 5.76 Å². The lowest BCUT2D eigenvalue weighted by molar-refractivity contribution is 0.461. The molecule has 1 atom stereocenters. The van der Waals surface area contributed by atoms with Crippen LogP contribution in [0.5, 0.6) is 0 Å². The van der Waals surface area contributed by atoms with E-state index in [1.165, 1.54) is 5.56 Å². The quantitative estimate of drug-likeness (QED) is 0.853. The van der Waals surface area contributed by atoms with Gasteiger partial charge in [-0.25, -0.2) is 0 Å². The molecule has 0 aliphatic carbocycles. The molecule has 0 aliphatic rings. The van der Waals surface area contributed by atoms with E-state index in [0.717, 1.165) is 17.9 Å². The van der Waals surface area contributed by atoms with Gasteiger partial charge in [0.15, 0.2) is 0 Å². The number of nitrogens with zero attached hydrogens (tertiary/aromatic N) is 1. The van der Waals surface area contributed by atoms with Gasteiger partial charge in [-0.2, -0.15) is 0 Å². The number of rotatable bonds is 4. The lowest BCUT2D eigenvalue weighted by atomic mass is 10.1. The number of hydrogen-bond acceptors (Lipinski definition) is 3. The van der Waals surface area contributed by atoms with E-state index in [-0.39, 0.29) is 6.04 Å². The number of aryl methyl sites for hydroxylation is 1. The summed E-state index contributed by atoms with van der Waals surface area (Å²) in [5.74, 6) is 0.975. The first-order valence-electron chi connectivity index (χ1n) is 5.42. The second-order valence-corrected chi connectivity index (χ2v) is 3.88. The summed E-state index contributed by atoms with van der Waals surface area (Å²) in [5.41, 5.74) is 2.28. The zero-order valence-electron chi connectivity index (χ0n) is 9.60. The molecule has 0 radical (unpaired) electrons. The lowest BCUT2D eigenvalue weighted by Gasteiger charge is -2.14. The van der Waals surface area contributed by atoms with Gasteiger partial charge in [0.05, 0.1) is 18.0 Å². The number of aromatic nitrogens is 1. The number of likely N-dealkylation sites (N-methyl/N-ethyl adjacent to an activating group) is 1. The smallest absolute Gasteiger partial charge is 0.105 e. The van der Waals surface area contributed by atoms with Gasteiger partial charge in [0, 0.05) is 12.6 Å². The molecule has 0 aromatic carbocycles. The van der Waals surface area contributed by atoms with Crippen molar-refractivity contribution in [3.8, 4) is 0 Å². The highest BCUT2D eigenvalue weighted by Gasteiger charge is 2.12. The first kappa shape index (κ1) is 10.9. The molecule has 16 heavy (non-hydrogen) atoms. The summed E-state index contributed by atoms with van der Waals surface area (Å²) < 4.78 is 5.35. The molecule has 3 heteroatoms. The third-order valence-corrected chi connectivity index (χ3v) is 2.63. The maximum atomic E-state index is 5.35. The van der Waals surface area contributed by atoms with Gasteiger partial charge >= 0.3 is 0 Å². The van der Waals surface area contributed by atoms with Gasteiger partial charge in [-0.15, -0.1) is 0 Å². The highest BCUT2D eigenvalue weighted by atomic mass is 16.3. The summed E-state index contributed by atoms with van der Waals surface area (Å²) in [7, 11) is 1.94. The molecule has 0 saturated carbocycles. The number of hydrogen-bond donors (Lipinski definition) is 1. The third-order valence-electron chi connectivity index (χ3n) is 2.63. The summed E-state index contributed by atoms with van der Waals surface area (Å²) in [6.45, 7) is 2.07. The third kappa shape index (κ3) is 2.49. The summed E-state index contributed by atoms with van der Waals surface area (Å²) in [4.78, 5) is 4.39. The zero-order chi connectivity index (χ0) is 11.4. The van der Waals surface area contributed by atoms with E-state index in [9.17, 15) is 0 Å². The van der Waals surface area contributed by atoms with Crippen LogP contribution in [-0.4, -0.2) is 12.0 Å². The van der Waals surface area contributed by atoms with Crippen LogP contribution in [-0.2, 0) is 6.42 Å². The fourth-order valence-electron chi connectivity index (χ4n) is 1.73. The monoisotopic (exact) mass is 216 g/mol. The molecule has 2 rings (SSSR count). The van der Waals surface area contributed by atoms with Crippen LogP contribution in [0.25, 0.3) is 0 Å². The second-order valence-electron chi connectivity index (χ2n) is 3.88. The molecule has 1 N–H and O–H groups in total. The van der Waals surface area contributed by atoms with Crippen LogP contribution in [0.4, 0.5) is 0 Å². The molecule has 0 bridgehead atoms. The molecule has 2 aromatic rings. The normalized spacial score (nSPS) is 12.6. The van der Waals surface area contributed by atoms with Crippen molar-refractivity contribution in [2.75, 3.05) is 7.05 Å². The minimum Gasteiger partial charge on any atom is -0.469 e. The Morgan fingerprint density at radius 2 is 2.31 bits per heavy atom. The molecule has 0 spiro atoms. The van der Waals surface area contributed by atoms with Crippen molar-refractivity contribution in [1.82, 2.24) is 10.3 Å². The zero-order valence-corrected chi connectivity index (χ0v) is 9.60. The van der Waals surface area contributed by atoms with E-state index in [2.05, 4.69) is 23.3 Å². The van der Waals surface area contributed by atoms with Crippen molar-refractivity contribution in [2.45, 2.75) is 19.4 Å². The second kappa shape index (κ2) is 4.94. The molecular weight excluding hydrogens is 200 g/mol. The van der Waals surface area contributed by atoms with Gasteiger partial charge in [-0.1, -0.05) is 0 Å². The Morgan fingerprint density at radius 3 is 2.94 bits per heavy atom. The number of furan rings is 1. The molecule has 0 amide bonds. The highest BCUT2D eigenvalue weighted by molar-refractivity contribution is 5.18. The van der Waals surface area contributed by atoms with Crippen molar-refractivity contribution in [2.24, 2.45) is 0 Å². The van der Waals surface area contributed by atoms with E-state index in [4.69, 9.17) is 4.42 Å². The topological polar surface area (TPSA) is 38.1 Å². The average molecular weight is 216 g/mol. The predicted octanol–water partition coefficient (Wildman–Crippen LogP) is 2.49. The predicted molar refractivity (Wildman–Crippen MR) is 63.2 cm³/mol. The SMILES string of the molecule is CNC(Cc1ccco1)c1cc(C)ccn1. The molecule has 0 aliphatic heterocycles. The first-order valence-corrected chi connectivity index (χ1v) is 5.42. The van der Waals surface area contributed by atoms with Gasteiger partial charge < -0.3 is 9.73 Å². The molecular formula is C13H16N2O. The van der Waals surface area contributed by atoms with Crippen molar-refractivity contribution in [1.29, 1.82) is 0 Å². The van der Waals surface area contributed by atoms with E-state index >= 15 is 0 Å². The van der Waals surface area contributed by atoms with Crippen LogP contribution < -0.4 is 5.32 Å². The maximum Gasteiger partial charge on any atom is 0.105 e. The summed E-state index contributed by atoms with van der Waals surface area (Å²) in [5, 5.41) is 3.26. The fraction of sp³-hybridized carbons (Fsp3) is 0.308. The standard InChI is InChI=1S/C13H16N2O/c1-10-5-6-15-13(8-10)12(14-2)9-11-4-3-7-16-11/h3-8,12,14H,9H2,1-2H3. The van der Waals surface area contributed by atoms with Gasteiger partial charge in [0.25, 0.3) is 0 Å². The van der Waals surface area contributed by atoms with Crippen LogP contribution in [0.3, 0.4) is 0 Å².